The molecule has 0 saturated heterocycles. The number of nitrogens with two attached hydrogens (primary N) is 1. The lowest BCUT2D eigenvalue weighted by Gasteiger charge is -2.31. The summed E-state index contributed by atoms with van der Waals surface area (Å²) in [7, 11) is 0. The maximum Gasteiger partial charge on any atom is 0.224 e. The molecule has 0 spiro atoms. The maximum atomic E-state index is 12.3. The predicted octanol–water partition coefficient (Wildman–Crippen LogP) is 2.34. The van der Waals surface area contributed by atoms with Gasteiger partial charge in [-0.1, -0.05) is 31.0 Å². The summed E-state index contributed by atoms with van der Waals surface area (Å²) < 4.78 is 0. The Hall–Kier alpha value is -1.81. The van der Waals surface area contributed by atoms with Crippen molar-refractivity contribution in [3.63, 3.8) is 0 Å². The van der Waals surface area contributed by atoms with Crippen LogP contribution in [0.25, 0.3) is 10.9 Å². The molecule has 2 aromatic rings. The monoisotopic (exact) mass is 285 g/mol. The van der Waals surface area contributed by atoms with Crippen LogP contribution in [-0.2, 0) is 11.2 Å². The topological polar surface area (TPSA) is 70.9 Å². The minimum atomic E-state index is 0.102. The molecule has 0 bridgehead atoms. The molecule has 1 aliphatic carbocycles. The Labute approximate surface area is 125 Å². The van der Waals surface area contributed by atoms with E-state index in [9.17, 15) is 4.79 Å². The van der Waals surface area contributed by atoms with Gasteiger partial charge in [0, 0.05) is 23.1 Å². The molecule has 1 amide bonds. The normalized spacial score (nSPS) is 22.3. The first-order valence-corrected chi connectivity index (χ1v) is 7.82. The highest BCUT2D eigenvalue weighted by Gasteiger charge is 2.25. The largest absolute Gasteiger partial charge is 0.361 e. The number of rotatable bonds is 4. The van der Waals surface area contributed by atoms with Crippen molar-refractivity contribution in [2.75, 3.05) is 6.54 Å². The molecule has 1 saturated carbocycles. The maximum absolute atomic E-state index is 12.3. The van der Waals surface area contributed by atoms with E-state index in [1.807, 2.05) is 24.4 Å². The Kier molecular flexibility index (Phi) is 4.25. The second-order valence-electron chi connectivity index (χ2n) is 5.99. The highest BCUT2D eigenvalue weighted by molar-refractivity contribution is 5.88. The van der Waals surface area contributed by atoms with Gasteiger partial charge in [-0.2, -0.15) is 0 Å². The minimum absolute atomic E-state index is 0.102. The number of H-pyrrole nitrogens is 1. The SMILES string of the molecule is NCC1CCCCC1NC(=O)Cc1c[nH]c2ccccc12. The van der Waals surface area contributed by atoms with Gasteiger partial charge in [-0.3, -0.25) is 4.79 Å². The third kappa shape index (κ3) is 3.10. The standard InChI is InChI=1S/C17H23N3O/c18-10-12-5-1-3-7-15(12)20-17(21)9-13-11-19-16-8-4-2-6-14(13)16/h2,4,6,8,11-12,15,19H,1,3,5,7,9-10,18H2,(H,20,21). The summed E-state index contributed by atoms with van der Waals surface area (Å²) in [4.78, 5) is 15.5. The fourth-order valence-electron chi connectivity index (χ4n) is 3.39. The average molecular weight is 285 g/mol. The number of aromatic amines is 1. The van der Waals surface area contributed by atoms with Crippen molar-refractivity contribution in [2.24, 2.45) is 11.7 Å². The van der Waals surface area contributed by atoms with E-state index in [2.05, 4.69) is 16.4 Å². The van der Waals surface area contributed by atoms with Crippen LogP contribution in [0.15, 0.2) is 30.5 Å². The molecule has 1 aromatic heterocycles. The van der Waals surface area contributed by atoms with Gasteiger partial charge in [-0.15, -0.1) is 0 Å². The number of para-hydroxylation sites is 1. The van der Waals surface area contributed by atoms with Crippen LogP contribution in [0.3, 0.4) is 0 Å². The molecule has 21 heavy (non-hydrogen) atoms. The van der Waals surface area contributed by atoms with Gasteiger partial charge in [0.15, 0.2) is 0 Å². The molecule has 1 aliphatic rings. The van der Waals surface area contributed by atoms with Gasteiger partial charge in [0.25, 0.3) is 0 Å². The summed E-state index contributed by atoms with van der Waals surface area (Å²) in [6, 6.07) is 8.33. The van der Waals surface area contributed by atoms with E-state index in [1.165, 1.54) is 12.8 Å². The molecule has 1 heterocycles. The van der Waals surface area contributed by atoms with Gasteiger partial charge in [-0.25, -0.2) is 0 Å². The molecule has 0 radical (unpaired) electrons. The molecular weight excluding hydrogens is 262 g/mol. The van der Waals surface area contributed by atoms with E-state index in [0.717, 1.165) is 29.3 Å². The Morgan fingerprint density at radius 3 is 2.95 bits per heavy atom. The molecule has 4 nitrogen and oxygen atoms in total. The van der Waals surface area contributed by atoms with Gasteiger partial charge in [0.2, 0.25) is 5.91 Å². The number of carbonyl (C=O) groups is 1. The van der Waals surface area contributed by atoms with E-state index in [-0.39, 0.29) is 11.9 Å². The molecule has 112 valence electrons. The van der Waals surface area contributed by atoms with Crippen LogP contribution in [-0.4, -0.2) is 23.5 Å². The summed E-state index contributed by atoms with van der Waals surface area (Å²) in [5.74, 6) is 0.538. The number of nitrogens with one attached hydrogen (secondary N) is 2. The summed E-state index contributed by atoms with van der Waals surface area (Å²) in [5, 5.41) is 4.32. The van der Waals surface area contributed by atoms with Crippen molar-refractivity contribution in [2.45, 2.75) is 38.1 Å². The summed E-state index contributed by atoms with van der Waals surface area (Å²) in [6.45, 7) is 0.665. The van der Waals surface area contributed by atoms with E-state index >= 15 is 0 Å². The van der Waals surface area contributed by atoms with Crippen LogP contribution in [0, 0.1) is 5.92 Å². The van der Waals surface area contributed by atoms with Crippen LogP contribution in [0.5, 0.6) is 0 Å². The molecular formula is C17H23N3O. The minimum Gasteiger partial charge on any atom is -0.361 e. The Morgan fingerprint density at radius 2 is 2.10 bits per heavy atom. The van der Waals surface area contributed by atoms with Gasteiger partial charge >= 0.3 is 0 Å². The first-order valence-electron chi connectivity index (χ1n) is 7.82. The lowest BCUT2D eigenvalue weighted by Crippen LogP contribution is -2.45. The fourth-order valence-corrected chi connectivity index (χ4v) is 3.39. The van der Waals surface area contributed by atoms with Crippen molar-refractivity contribution in [1.29, 1.82) is 0 Å². The van der Waals surface area contributed by atoms with Crippen LogP contribution in [0.2, 0.25) is 0 Å². The average Bonchev–Trinajstić information content (AvgIpc) is 2.91. The van der Waals surface area contributed by atoms with Crippen LogP contribution >= 0.6 is 0 Å². The zero-order valence-electron chi connectivity index (χ0n) is 12.3. The second-order valence-corrected chi connectivity index (χ2v) is 5.99. The molecule has 0 aliphatic heterocycles. The second kappa shape index (κ2) is 6.31. The fraction of sp³-hybridized carbons (Fsp3) is 0.471. The highest BCUT2D eigenvalue weighted by atomic mass is 16.1. The molecule has 3 rings (SSSR count). The van der Waals surface area contributed by atoms with Crippen molar-refractivity contribution in [1.82, 2.24) is 10.3 Å². The number of carbonyl (C=O) groups excluding carboxylic acids is 1. The van der Waals surface area contributed by atoms with E-state index in [1.54, 1.807) is 0 Å². The summed E-state index contributed by atoms with van der Waals surface area (Å²) >= 11 is 0. The number of amides is 1. The van der Waals surface area contributed by atoms with Gasteiger partial charge in [0.1, 0.15) is 0 Å². The number of fused-ring (bicyclic) bond motifs is 1. The Morgan fingerprint density at radius 1 is 1.29 bits per heavy atom. The van der Waals surface area contributed by atoms with Crippen molar-refractivity contribution in [3.05, 3.63) is 36.0 Å². The lowest BCUT2D eigenvalue weighted by atomic mass is 9.84. The molecule has 2 unspecified atom stereocenters. The number of hydrogen-bond donors (Lipinski definition) is 3. The number of aromatic nitrogens is 1. The molecule has 4 heteroatoms. The smallest absolute Gasteiger partial charge is 0.224 e. The first-order chi connectivity index (χ1) is 10.3. The van der Waals surface area contributed by atoms with Crippen LogP contribution < -0.4 is 11.1 Å². The zero-order chi connectivity index (χ0) is 14.7. The summed E-state index contributed by atoms with van der Waals surface area (Å²) in [5.41, 5.74) is 7.96. The molecule has 4 N–H and O–H groups in total. The Balaban J connectivity index is 1.66. The van der Waals surface area contributed by atoms with Crippen molar-refractivity contribution >= 4 is 16.8 Å². The van der Waals surface area contributed by atoms with E-state index in [4.69, 9.17) is 5.73 Å². The molecule has 1 fully saturated rings. The van der Waals surface area contributed by atoms with E-state index < -0.39 is 0 Å². The molecule has 2 atom stereocenters. The Bertz CT molecular complexity index is 619. The number of hydrogen-bond acceptors (Lipinski definition) is 2. The van der Waals surface area contributed by atoms with Crippen molar-refractivity contribution in [3.8, 4) is 0 Å². The zero-order valence-corrected chi connectivity index (χ0v) is 12.3. The van der Waals surface area contributed by atoms with Gasteiger partial charge in [-0.05, 0) is 36.9 Å². The van der Waals surface area contributed by atoms with Crippen LogP contribution in [0.4, 0.5) is 0 Å². The quantitative estimate of drug-likeness (QED) is 0.807. The van der Waals surface area contributed by atoms with Crippen molar-refractivity contribution < 1.29 is 4.79 Å². The first kappa shape index (κ1) is 14.1. The predicted molar refractivity (Wildman–Crippen MR) is 84.9 cm³/mol. The van der Waals surface area contributed by atoms with Gasteiger partial charge < -0.3 is 16.0 Å². The van der Waals surface area contributed by atoms with Crippen LogP contribution in [0.1, 0.15) is 31.2 Å². The molecule has 1 aromatic carbocycles. The lowest BCUT2D eigenvalue weighted by molar-refractivity contribution is -0.121. The third-order valence-corrected chi connectivity index (χ3v) is 4.58. The summed E-state index contributed by atoms with van der Waals surface area (Å²) in [6.07, 6.45) is 6.98. The van der Waals surface area contributed by atoms with Gasteiger partial charge in [0.05, 0.1) is 6.42 Å². The third-order valence-electron chi connectivity index (χ3n) is 4.58. The number of benzene rings is 1. The van der Waals surface area contributed by atoms with E-state index in [0.29, 0.717) is 18.9 Å². The highest BCUT2D eigenvalue weighted by Crippen LogP contribution is 2.24.